The van der Waals surface area contributed by atoms with Crippen molar-refractivity contribution < 1.29 is 14.0 Å². The first-order chi connectivity index (χ1) is 12.2. The van der Waals surface area contributed by atoms with Crippen molar-refractivity contribution >= 4 is 5.71 Å². The van der Waals surface area contributed by atoms with Crippen LogP contribution < -0.4 is 4.74 Å². The zero-order chi connectivity index (χ0) is 17.5. The van der Waals surface area contributed by atoms with Crippen molar-refractivity contribution in [1.29, 1.82) is 0 Å². The van der Waals surface area contributed by atoms with Crippen LogP contribution in [0.2, 0.25) is 0 Å². The highest BCUT2D eigenvalue weighted by atomic mass is 16.6. The lowest BCUT2D eigenvalue weighted by Gasteiger charge is -2.06. The molecule has 25 heavy (non-hydrogen) atoms. The average Bonchev–Trinajstić information content (AvgIpc) is 3.15. The standard InChI is InChI=1S/C19H19N3O3/c1-14-3-5-16(6-4-14)11-25-22-15(2)17-7-9-18(10-8-17)23-12-19-21-20-13-24-19/h3-10,13H,11-12H2,1-2H3/b22-15+. The van der Waals surface area contributed by atoms with Crippen LogP contribution in [0, 0.1) is 6.92 Å². The van der Waals surface area contributed by atoms with Crippen molar-refractivity contribution in [1.82, 2.24) is 10.2 Å². The quantitative estimate of drug-likeness (QED) is 0.483. The molecule has 128 valence electrons. The summed E-state index contributed by atoms with van der Waals surface area (Å²) in [4.78, 5) is 5.43. The van der Waals surface area contributed by atoms with Crippen molar-refractivity contribution in [2.24, 2.45) is 5.16 Å². The monoisotopic (exact) mass is 337 g/mol. The van der Waals surface area contributed by atoms with Gasteiger partial charge in [-0.15, -0.1) is 10.2 Å². The highest BCUT2D eigenvalue weighted by molar-refractivity contribution is 5.98. The number of rotatable bonds is 7. The molecule has 0 bridgehead atoms. The molecule has 0 aliphatic carbocycles. The molecule has 0 N–H and O–H groups in total. The van der Waals surface area contributed by atoms with E-state index in [1.165, 1.54) is 12.0 Å². The summed E-state index contributed by atoms with van der Waals surface area (Å²) in [5.41, 5.74) is 4.08. The first-order valence-corrected chi connectivity index (χ1v) is 7.91. The summed E-state index contributed by atoms with van der Waals surface area (Å²) in [5.74, 6) is 1.15. The van der Waals surface area contributed by atoms with Crippen LogP contribution in [0.5, 0.6) is 5.75 Å². The van der Waals surface area contributed by atoms with Crippen LogP contribution >= 0.6 is 0 Å². The van der Waals surface area contributed by atoms with E-state index in [1.54, 1.807) is 0 Å². The summed E-state index contributed by atoms with van der Waals surface area (Å²) in [6.07, 6.45) is 1.28. The molecule has 0 spiro atoms. The molecule has 0 saturated carbocycles. The van der Waals surface area contributed by atoms with E-state index in [0.29, 0.717) is 12.5 Å². The molecule has 6 nitrogen and oxygen atoms in total. The van der Waals surface area contributed by atoms with E-state index in [2.05, 4.69) is 34.4 Å². The smallest absolute Gasteiger partial charge is 0.253 e. The second-order valence-electron chi connectivity index (χ2n) is 5.58. The number of hydrogen-bond acceptors (Lipinski definition) is 6. The molecule has 3 aromatic rings. The molecule has 0 atom stereocenters. The maximum atomic E-state index is 5.57. The third-order valence-corrected chi connectivity index (χ3v) is 3.59. The number of ether oxygens (including phenoxy) is 1. The Morgan fingerprint density at radius 3 is 2.48 bits per heavy atom. The molecule has 3 rings (SSSR count). The van der Waals surface area contributed by atoms with E-state index in [9.17, 15) is 0 Å². The molecule has 0 amide bonds. The van der Waals surface area contributed by atoms with Gasteiger partial charge in [0.2, 0.25) is 6.39 Å². The van der Waals surface area contributed by atoms with Crippen LogP contribution in [0.25, 0.3) is 0 Å². The van der Waals surface area contributed by atoms with E-state index in [-0.39, 0.29) is 6.61 Å². The van der Waals surface area contributed by atoms with Gasteiger partial charge in [-0.2, -0.15) is 0 Å². The minimum absolute atomic E-state index is 0.242. The molecule has 0 saturated heterocycles. The lowest BCUT2D eigenvalue weighted by molar-refractivity contribution is 0.130. The fourth-order valence-corrected chi connectivity index (χ4v) is 2.14. The van der Waals surface area contributed by atoms with Gasteiger partial charge in [0.1, 0.15) is 12.4 Å². The Hall–Kier alpha value is -3.15. The predicted octanol–water partition coefficient (Wildman–Crippen LogP) is 3.90. The second-order valence-corrected chi connectivity index (χ2v) is 5.58. The number of benzene rings is 2. The summed E-state index contributed by atoms with van der Waals surface area (Å²) in [7, 11) is 0. The highest BCUT2D eigenvalue weighted by Gasteiger charge is 2.03. The van der Waals surface area contributed by atoms with Crippen LogP contribution in [0.1, 0.15) is 29.5 Å². The van der Waals surface area contributed by atoms with Gasteiger partial charge in [-0.3, -0.25) is 0 Å². The number of oxime groups is 1. The van der Waals surface area contributed by atoms with E-state index < -0.39 is 0 Å². The van der Waals surface area contributed by atoms with Gasteiger partial charge in [-0.25, -0.2) is 0 Å². The first-order valence-electron chi connectivity index (χ1n) is 7.91. The number of hydrogen-bond donors (Lipinski definition) is 0. The average molecular weight is 337 g/mol. The summed E-state index contributed by atoms with van der Waals surface area (Å²) in [6, 6.07) is 15.8. The van der Waals surface area contributed by atoms with Crippen LogP contribution in [-0.2, 0) is 18.1 Å². The van der Waals surface area contributed by atoms with Gasteiger partial charge in [0.15, 0.2) is 6.61 Å². The first kappa shape index (κ1) is 16.7. The molecule has 1 aromatic heterocycles. The van der Waals surface area contributed by atoms with Crippen molar-refractivity contribution in [3.63, 3.8) is 0 Å². The van der Waals surface area contributed by atoms with Gasteiger partial charge in [0, 0.05) is 0 Å². The van der Waals surface area contributed by atoms with Gasteiger partial charge in [-0.1, -0.05) is 35.0 Å². The Labute approximate surface area is 146 Å². The van der Waals surface area contributed by atoms with Gasteiger partial charge in [0.25, 0.3) is 5.89 Å². The van der Waals surface area contributed by atoms with Gasteiger partial charge in [-0.05, 0) is 49.2 Å². The van der Waals surface area contributed by atoms with Crippen molar-refractivity contribution in [2.75, 3.05) is 0 Å². The Bertz CT molecular complexity index is 810. The van der Waals surface area contributed by atoms with Crippen molar-refractivity contribution in [2.45, 2.75) is 27.1 Å². The van der Waals surface area contributed by atoms with E-state index in [1.807, 2.05) is 43.3 Å². The molecule has 0 aliphatic heterocycles. The molecule has 1 heterocycles. The zero-order valence-corrected chi connectivity index (χ0v) is 14.2. The molecule has 0 aliphatic rings. The fraction of sp³-hybridized carbons (Fsp3) is 0.211. The molecule has 6 heteroatoms. The maximum absolute atomic E-state index is 5.57. The molecule has 0 radical (unpaired) electrons. The Kier molecular flexibility index (Phi) is 5.41. The number of aromatic nitrogens is 2. The van der Waals surface area contributed by atoms with E-state index >= 15 is 0 Å². The molecular weight excluding hydrogens is 318 g/mol. The summed E-state index contributed by atoms with van der Waals surface area (Å²) in [5, 5.41) is 11.5. The maximum Gasteiger partial charge on any atom is 0.253 e. The van der Waals surface area contributed by atoms with Crippen molar-refractivity contribution in [3.8, 4) is 5.75 Å². The topological polar surface area (TPSA) is 69.7 Å². The van der Waals surface area contributed by atoms with Gasteiger partial charge in [0.05, 0.1) is 5.71 Å². The second kappa shape index (κ2) is 8.10. The normalized spacial score (nSPS) is 11.4. The highest BCUT2D eigenvalue weighted by Crippen LogP contribution is 2.14. The van der Waals surface area contributed by atoms with E-state index in [0.717, 1.165) is 22.6 Å². The molecule has 2 aromatic carbocycles. The zero-order valence-electron chi connectivity index (χ0n) is 14.2. The van der Waals surface area contributed by atoms with Gasteiger partial charge >= 0.3 is 0 Å². The molecule has 0 unspecified atom stereocenters. The van der Waals surface area contributed by atoms with Crippen LogP contribution in [0.15, 0.2) is 64.5 Å². The van der Waals surface area contributed by atoms with E-state index in [4.69, 9.17) is 14.0 Å². The summed E-state index contributed by atoms with van der Waals surface area (Å²) in [6.45, 7) is 4.65. The third-order valence-electron chi connectivity index (χ3n) is 3.59. The minimum atomic E-state index is 0.242. The lowest BCUT2D eigenvalue weighted by Crippen LogP contribution is -1.99. The number of nitrogens with zero attached hydrogens (tertiary/aromatic N) is 3. The molecular formula is C19H19N3O3. The minimum Gasteiger partial charge on any atom is -0.484 e. The summed E-state index contributed by atoms with van der Waals surface area (Å²) >= 11 is 0. The largest absolute Gasteiger partial charge is 0.484 e. The Morgan fingerprint density at radius 1 is 1.04 bits per heavy atom. The molecule has 0 fully saturated rings. The number of aryl methyl sites for hydroxylation is 1. The van der Waals surface area contributed by atoms with Crippen molar-refractivity contribution in [3.05, 3.63) is 77.5 Å². The van der Waals surface area contributed by atoms with Gasteiger partial charge < -0.3 is 14.0 Å². The van der Waals surface area contributed by atoms with Crippen LogP contribution in [-0.4, -0.2) is 15.9 Å². The SMILES string of the molecule is C/C(=N\OCc1ccc(C)cc1)c1ccc(OCc2nnco2)cc1. The fourth-order valence-electron chi connectivity index (χ4n) is 2.14. The Balaban J connectivity index is 1.52. The lowest BCUT2D eigenvalue weighted by atomic mass is 10.1. The van der Waals surface area contributed by atoms with Crippen LogP contribution in [0.3, 0.4) is 0 Å². The predicted molar refractivity (Wildman–Crippen MR) is 93.3 cm³/mol. The third kappa shape index (κ3) is 4.91. The Morgan fingerprint density at radius 2 is 1.80 bits per heavy atom. The van der Waals surface area contributed by atoms with Crippen LogP contribution in [0.4, 0.5) is 0 Å². The summed E-state index contributed by atoms with van der Waals surface area (Å²) < 4.78 is 10.6.